The van der Waals surface area contributed by atoms with E-state index in [1.165, 1.54) is 36.6 Å². The summed E-state index contributed by atoms with van der Waals surface area (Å²) in [6, 6.07) is 25.6. The zero-order chi connectivity index (χ0) is 23.5. The highest BCUT2D eigenvalue weighted by molar-refractivity contribution is 7.92. The van der Waals surface area contributed by atoms with Gasteiger partial charge >= 0.3 is 0 Å². The Bertz CT molecular complexity index is 1410. The molecule has 1 unspecified atom stereocenters. The van der Waals surface area contributed by atoms with Gasteiger partial charge in [0.1, 0.15) is 11.0 Å². The van der Waals surface area contributed by atoms with E-state index in [1.54, 1.807) is 30.3 Å². The summed E-state index contributed by atoms with van der Waals surface area (Å²) in [5.74, 6) is 0.165. The molecule has 4 aromatic rings. The summed E-state index contributed by atoms with van der Waals surface area (Å²) < 4.78 is 60.2. The zero-order valence-electron chi connectivity index (χ0n) is 17.9. The van der Waals surface area contributed by atoms with Crippen molar-refractivity contribution < 1.29 is 21.3 Å². The van der Waals surface area contributed by atoms with Gasteiger partial charge in [-0.3, -0.25) is 0 Å². The molecule has 0 saturated heterocycles. The summed E-state index contributed by atoms with van der Waals surface area (Å²) in [6.07, 6.45) is 1.36. The Hall–Kier alpha value is -3.20. The molecule has 0 spiro atoms. The van der Waals surface area contributed by atoms with E-state index >= 15 is 0 Å². The first-order valence-electron chi connectivity index (χ1n) is 10.3. The minimum absolute atomic E-state index is 0.0492. The van der Waals surface area contributed by atoms with Crippen molar-refractivity contribution in [1.82, 2.24) is 4.72 Å². The molecule has 0 radical (unpaired) electrons. The Labute approximate surface area is 193 Å². The van der Waals surface area contributed by atoms with Crippen LogP contribution in [0.2, 0.25) is 0 Å². The Morgan fingerprint density at radius 1 is 0.727 bits per heavy atom. The highest BCUT2D eigenvalue weighted by Crippen LogP contribution is 2.30. The van der Waals surface area contributed by atoms with E-state index in [9.17, 15) is 16.8 Å². The number of hydrogen-bond acceptors (Lipinski definition) is 5. The van der Waals surface area contributed by atoms with E-state index in [1.807, 2.05) is 37.3 Å². The molecule has 0 amide bonds. The molecule has 1 N–H and O–H groups in total. The number of hydrogen-bond donors (Lipinski definition) is 1. The molecule has 33 heavy (non-hydrogen) atoms. The standard InChI is InChI=1S/C25H23NO5S2/c1-19-9-13-22(14-10-19)32(27,28)25(24-8-5-17-31-24)18-26-33(29,30)23-15-11-21(12-16-23)20-6-3-2-4-7-20/h2-17,25-26H,18H2,1H3. The fourth-order valence-corrected chi connectivity index (χ4v) is 6.20. The monoisotopic (exact) mass is 481 g/mol. The summed E-state index contributed by atoms with van der Waals surface area (Å²) in [5.41, 5.74) is 2.77. The van der Waals surface area contributed by atoms with Crippen molar-refractivity contribution >= 4 is 19.9 Å². The van der Waals surface area contributed by atoms with Crippen molar-refractivity contribution in [2.45, 2.75) is 22.0 Å². The summed E-state index contributed by atoms with van der Waals surface area (Å²) >= 11 is 0. The van der Waals surface area contributed by atoms with Gasteiger partial charge in [-0.05, 0) is 54.4 Å². The molecule has 6 nitrogen and oxygen atoms in total. The quantitative estimate of drug-likeness (QED) is 0.392. The lowest BCUT2D eigenvalue weighted by Gasteiger charge is -2.17. The smallest absolute Gasteiger partial charge is 0.240 e. The van der Waals surface area contributed by atoms with Crippen molar-refractivity contribution in [3.05, 3.63) is 109 Å². The normalized spacial score (nSPS) is 13.0. The van der Waals surface area contributed by atoms with E-state index in [2.05, 4.69) is 4.72 Å². The van der Waals surface area contributed by atoms with E-state index in [4.69, 9.17) is 4.42 Å². The molecule has 1 atom stereocenters. The van der Waals surface area contributed by atoms with Crippen LogP contribution in [0.15, 0.2) is 111 Å². The van der Waals surface area contributed by atoms with Gasteiger partial charge in [0.15, 0.2) is 9.84 Å². The van der Waals surface area contributed by atoms with Gasteiger partial charge in [0.2, 0.25) is 10.0 Å². The van der Waals surface area contributed by atoms with Crippen molar-refractivity contribution in [2.75, 3.05) is 6.54 Å². The Balaban J connectivity index is 1.58. The van der Waals surface area contributed by atoms with Crippen molar-refractivity contribution in [3.8, 4) is 11.1 Å². The van der Waals surface area contributed by atoms with Crippen LogP contribution in [0.3, 0.4) is 0 Å². The second-order valence-corrected chi connectivity index (χ2v) is 11.5. The van der Waals surface area contributed by atoms with Crippen LogP contribution < -0.4 is 4.72 Å². The largest absolute Gasteiger partial charge is 0.468 e. The van der Waals surface area contributed by atoms with E-state index in [0.29, 0.717) is 0 Å². The predicted octanol–water partition coefficient (Wildman–Crippen LogP) is 4.75. The minimum atomic E-state index is -3.95. The Morgan fingerprint density at radius 3 is 1.94 bits per heavy atom. The molecule has 8 heteroatoms. The topological polar surface area (TPSA) is 93.5 Å². The van der Waals surface area contributed by atoms with Gasteiger partial charge in [-0.2, -0.15) is 0 Å². The molecule has 1 aromatic heterocycles. The number of nitrogens with one attached hydrogen (secondary N) is 1. The van der Waals surface area contributed by atoms with Crippen LogP contribution in [0.1, 0.15) is 16.6 Å². The molecular formula is C25H23NO5S2. The molecule has 0 saturated carbocycles. The summed E-state index contributed by atoms with van der Waals surface area (Å²) in [4.78, 5) is 0.147. The first-order valence-corrected chi connectivity index (χ1v) is 13.3. The van der Waals surface area contributed by atoms with Gasteiger partial charge < -0.3 is 4.42 Å². The molecule has 0 aliphatic heterocycles. The van der Waals surface area contributed by atoms with Crippen molar-refractivity contribution in [3.63, 3.8) is 0 Å². The van der Waals surface area contributed by atoms with Crippen LogP contribution in [0.4, 0.5) is 0 Å². The first kappa shape index (κ1) is 23.0. The maximum absolute atomic E-state index is 13.3. The van der Waals surface area contributed by atoms with Crippen LogP contribution in [0, 0.1) is 6.92 Å². The number of aryl methyl sites for hydroxylation is 1. The fraction of sp³-hybridized carbons (Fsp3) is 0.120. The highest BCUT2D eigenvalue weighted by atomic mass is 32.2. The average molecular weight is 482 g/mol. The lowest BCUT2D eigenvalue weighted by atomic mass is 10.1. The number of sulfonamides is 1. The average Bonchev–Trinajstić information content (AvgIpc) is 3.34. The molecule has 0 aliphatic carbocycles. The molecule has 0 bridgehead atoms. The fourth-order valence-electron chi connectivity index (χ4n) is 3.46. The zero-order valence-corrected chi connectivity index (χ0v) is 19.5. The van der Waals surface area contributed by atoms with Crippen LogP contribution in [0.25, 0.3) is 11.1 Å². The van der Waals surface area contributed by atoms with Gasteiger partial charge in [0, 0.05) is 6.54 Å². The van der Waals surface area contributed by atoms with E-state index in [-0.39, 0.29) is 22.1 Å². The Morgan fingerprint density at radius 2 is 1.33 bits per heavy atom. The molecule has 170 valence electrons. The van der Waals surface area contributed by atoms with E-state index < -0.39 is 25.1 Å². The van der Waals surface area contributed by atoms with Crippen LogP contribution in [-0.4, -0.2) is 23.4 Å². The predicted molar refractivity (Wildman–Crippen MR) is 127 cm³/mol. The van der Waals surface area contributed by atoms with Gasteiger partial charge in [0.25, 0.3) is 0 Å². The number of furan rings is 1. The molecule has 1 heterocycles. The van der Waals surface area contributed by atoms with Crippen LogP contribution in [0.5, 0.6) is 0 Å². The van der Waals surface area contributed by atoms with Crippen molar-refractivity contribution in [1.29, 1.82) is 0 Å². The maximum atomic E-state index is 13.3. The van der Waals surface area contributed by atoms with Crippen molar-refractivity contribution in [2.24, 2.45) is 0 Å². The molecule has 0 fully saturated rings. The molecule has 0 aliphatic rings. The third kappa shape index (κ3) is 5.08. The number of benzene rings is 3. The van der Waals surface area contributed by atoms with Gasteiger partial charge in [-0.25, -0.2) is 21.6 Å². The van der Waals surface area contributed by atoms with E-state index in [0.717, 1.165) is 16.7 Å². The maximum Gasteiger partial charge on any atom is 0.240 e. The third-order valence-corrected chi connectivity index (χ3v) is 8.83. The lowest BCUT2D eigenvalue weighted by Crippen LogP contribution is -2.31. The number of rotatable bonds is 8. The summed E-state index contributed by atoms with van der Waals surface area (Å²) in [6.45, 7) is 1.49. The van der Waals surface area contributed by atoms with Gasteiger partial charge in [0.05, 0.1) is 16.1 Å². The lowest BCUT2D eigenvalue weighted by molar-refractivity contribution is 0.486. The number of sulfone groups is 1. The second kappa shape index (κ2) is 9.35. The van der Waals surface area contributed by atoms with Gasteiger partial charge in [-0.15, -0.1) is 0 Å². The molecule has 3 aromatic carbocycles. The Kier molecular flexibility index (Phi) is 6.51. The SMILES string of the molecule is Cc1ccc(S(=O)(=O)C(CNS(=O)(=O)c2ccc(-c3ccccc3)cc2)c2ccco2)cc1. The van der Waals surface area contributed by atoms with Gasteiger partial charge in [-0.1, -0.05) is 60.2 Å². The third-order valence-electron chi connectivity index (χ3n) is 5.32. The van der Waals surface area contributed by atoms with Crippen LogP contribution >= 0.6 is 0 Å². The highest BCUT2D eigenvalue weighted by Gasteiger charge is 2.32. The summed E-state index contributed by atoms with van der Waals surface area (Å²) in [7, 11) is -7.86. The van der Waals surface area contributed by atoms with Crippen LogP contribution in [-0.2, 0) is 19.9 Å². The molecular weight excluding hydrogens is 458 g/mol. The molecule has 4 rings (SSSR count). The first-order chi connectivity index (χ1) is 15.8. The minimum Gasteiger partial charge on any atom is -0.468 e. The second-order valence-electron chi connectivity index (χ2n) is 7.60. The summed E-state index contributed by atoms with van der Waals surface area (Å²) in [5, 5.41) is -1.21.